The van der Waals surface area contributed by atoms with Crippen LogP contribution in [0.25, 0.3) is 11.4 Å². The van der Waals surface area contributed by atoms with E-state index in [-0.39, 0.29) is 5.88 Å². The third-order valence-electron chi connectivity index (χ3n) is 4.64. The molecule has 6 nitrogen and oxygen atoms in total. The molecule has 1 fully saturated rings. The van der Waals surface area contributed by atoms with E-state index >= 15 is 0 Å². The second-order valence-electron chi connectivity index (χ2n) is 6.19. The number of anilines is 1. The lowest BCUT2D eigenvalue weighted by Crippen LogP contribution is -2.36. The first kappa shape index (κ1) is 16.8. The van der Waals surface area contributed by atoms with Crippen LogP contribution in [0.2, 0.25) is 0 Å². The van der Waals surface area contributed by atoms with Crippen molar-refractivity contribution in [1.82, 2.24) is 14.1 Å². The minimum atomic E-state index is 0.125. The Bertz CT molecular complexity index is 958. The van der Waals surface area contributed by atoms with Crippen LogP contribution in [0.1, 0.15) is 5.69 Å². The minimum Gasteiger partial charge on any atom is -0.493 e. The molecule has 1 aromatic carbocycles. The van der Waals surface area contributed by atoms with Crippen LogP contribution in [0.15, 0.2) is 48.8 Å². The summed E-state index contributed by atoms with van der Waals surface area (Å²) in [4.78, 5) is 6.42. The maximum Gasteiger partial charge on any atom is 0.218 e. The van der Waals surface area contributed by atoms with E-state index < -0.39 is 0 Å². The third kappa shape index (κ3) is 2.89. The van der Waals surface area contributed by atoms with Gasteiger partial charge in [0.15, 0.2) is 4.77 Å². The molecule has 0 bridgehead atoms. The topological polar surface area (TPSA) is 55.5 Å². The summed E-state index contributed by atoms with van der Waals surface area (Å²) in [6.07, 6.45) is 3.37. The summed E-state index contributed by atoms with van der Waals surface area (Å²) >= 11 is 5.63. The number of pyridine rings is 1. The van der Waals surface area contributed by atoms with E-state index in [1.54, 1.807) is 17.0 Å². The van der Waals surface area contributed by atoms with E-state index in [4.69, 9.17) is 17.0 Å². The van der Waals surface area contributed by atoms with Crippen molar-refractivity contribution in [2.45, 2.75) is 6.92 Å². The predicted octanol–water partition coefficient (Wildman–Crippen LogP) is 3.24. The number of hydrogen-bond acceptors (Lipinski definition) is 5. The number of ether oxygens (including phenoxy) is 1. The maximum atomic E-state index is 10.6. The van der Waals surface area contributed by atoms with Gasteiger partial charge in [0.2, 0.25) is 5.88 Å². The van der Waals surface area contributed by atoms with Crippen molar-refractivity contribution in [2.75, 3.05) is 31.2 Å². The van der Waals surface area contributed by atoms with E-state index in [1.165, 1.54) is 0 Å². The van der Waals surface area contributed by atoms with Gasteiger partial charge >= 0.3 is 0 Å². The number of aromatic nitrogens is 3. The van der Waals surface area contributed by atoms with Crippen LogP contribution in [0.4, 0.5) is 5.69 Å². The van der Waals surface area contributed by atoms with Crippen LogP contribution in [0.3, 0.4) is 0 Å². The van der Waals surface area contributed by atoms with E-state index in [0.29, 0.717) is 10.5 Å². The lowest BCUT2D eigenvalue weighted by Gasteiger charge is -2.29. The number of morpholine rings is 1. The number of hydrogen-bond donors (Lipinski definition) is 1. The first-order valence-electron chi connectivity index (χ1n) is 8.53. The standard InChI is InChI=1S/C19H20N4O2S/c1-14-18(24)23(17-3-2-8-20-13-17)19(26)22(14)16-6-4-15(5-7-16)21-9-11-25-12-10-21/h2-8,13,24H,9-12H2,1H3. The van der Waals surface area contributed by atoms with E-state index in [1.807, 2.05) is 35.8 Å². The molecule has 1 aliphatic rings. The molecule has 0 amide bonds. The number of imidazole rings is 1. The van der Waals surface area contributed by atoms with Gasteiger partial charge in [-0.2, -0.15) is 0 Å². The highest BCUT2D eigenvalue weighted by Crippen LogP contribution is 2.28. The van der Waals surface area contributed by atoms with Gasteiger partial charge in [-0.25, -0.2) is 0 Å². The van der Waals surface area contributed by atoms with Crippen molar-refractivity contribution in [2.24, 2.45) is 0 Å². The molecule has 26 heavy (non-hydrogen) atoms. The van der Waals surface area contributed by atoms with Crippen LogP contribution < -0.4 is 4.90 Å². The van der Waals surface area contributed by atoms with Crippen molar-refractivity contribution in [3.8, 4) is 17.3 Å². The van der Waals surface area contributed by atoms with Crippen molar-refractivity contribution in [3.05, 3.63) is 59.3 Å². The van der Waals surface area contributed by atoms with E-state index in [0.717, 1.165) is 43.4 Å². The summed E-state index contributed by atoms with van der Waals surface area (Å²) < 4.78 is 9.42. The SMILES string of the molecule is Cc1c(O)n(-c2cccnc2)c(=S)n1-c1ccc(N2CCOCC2)cc1. The molecule has 0 atom stereocenters. The normalized spacial score (nSPS) is 14.6. The minimum absolute atomic E-state index is 0.125. The zero-order valence-corrected chi connectivity index (χ0v) is 15.3. The van der Waals surface area contributed by atoms with Gasteiger partial charge in [-0.1, -0.05) is 0 Å². The number of nitrogens with zero attached hydrogens (tertiary/aromatic N) is 4. The number of benzene rings is 1. The van der Waals surface area contributed by atoms with Crippen LogP contribution >= 0.6 is 12.2 Å². The Labute approximate surface area is 156 Å². The molecule has 3 heterocycles. The zero-order valence-electron chi connectivity index (χ0n) is 14.5. The molecule has 2 aromatic heterocycles. The summed E-state index contributed by atoms with van der Waals surface area (Å²) in [5, 5.41) is 10.6. The summed E-state index contributed by atoms with van der Waals surface area (Å²) in [6, 6.07) is 11.9. The highest BCUT2D eigenvalue weighted by atomic mass is 32.1. The average molecular weight is 368 g/mol. The molecule has 7 heteroatoms. The maximum absolute atomic E-state index is 10.6. The summed E-state index contributed by atoms with van der Waals surface area (Å²) in [5.41, 5.74) is 3.51. The molecular weight excluding hydrogens is 348 g/mol. The van der Waals surface area contributed by atoms with E-state index in [2.05, 4.69) is 22.0 Å². The number of aromatic hydroxyl groups is 1. The zero-order chi connectivity index (χ0) is 18.1. The fourth-order valence-electron chi connectivity index (χ4n) is 3.25. The van der Waals surface area contributed by atoms with Gasteiger partial charge in [0.1, 0.15) is 0 Å². The van der Waals surface area contributed by atoms with Crippen LogP contribution in [0.5, 0.6) is 5.88 Å². The molecule has 134 valence electrons. The quantitative estimate of drug-likeness (QED) is 0.719. The molecule has 4 rings (SSSR count). The summed E-state index contributed by atoms with van der Waals surface area (Å²) in [7, 11) is 0. The van der Waals surface area contributed by atoms with Crippen LogP contribution in [-0.2, 0) is 4.74 Å². The second kappa shape index (κ2) is 6.93. The van der Waals surface area contributed by atoms with Crippen molar-refractivity contribution in [3.63, 3.8) is 0 Å². The average Bonchev–Trinajstić information content (AvgIpc) is 2.92. The Kier molecular flexibility index (Phi) is 4.48. The Balaban J connectivity index is 1.73. The Morgan fingerprint density at radius 2 is 1.69 bits per heavy atom. The first-order chi connectivity index (χ1) is 12.7. The summed E-state index contributed by atoms with van der Waals surface area (Å²) in [6.45, 7) is 5.17. The molecule has 1 N–H and O–H groups in total. The molecule has 0 radical (unpaired) electrons. The van der Waals surface area contributed by atoms with Crippen molar-refractivity contribution < 1.29 is 9.84 Å². The molecule has 1 aliphatic heterocycles. The van der Waals surface area contributed by atoms with Gasteiger partial charge in [-0.15, -0.1) is 0 Å². The van der Waals surface area contributed by atoms with Gasteiger partial charge in [0, 0.05) is 30.7 Å². The molecular formula is C19H20N4O2S. The smallest absolute Gasteiger partial charge is 0.218 e. The highest BCUT2D eigenvalue weighted by molar-refractivity contribution is 7.71. The summed E-state index contributed by atoms with van der Waals surface area (Å²) in [5.74, 6) is 0.125. The van der Waals surface area contributed by atoms with Crippen molar-refractivity contribution in [1.29, 1.82) is 0 Å². The lowest BCUT2D eigenvalue weighted by molar-refractivity contribution is 0.122. The number of rotatable bonds is 3. The van der Waals surface area contributed by atoms with Gasteiger partial charge in [0.05, 0.1) is 30.8 Å². The molecule has 0 saturated carbocycles. The fraction of sp³-hybridized carbons (Fsp3) is 0.263. The highest BCUT2D eigenvalue weighted by Gasteiger charge is 2.17. The Morgan fingerprint density at radius 3 is 2.35 bits per heavy atom. The molecule has 0 spiro atoms. The Morgan fingerprint density at radius 1 is 1.00 bits per heavy atom. The third-order valence-corrected chi connectivity index (χ3v) is 5.01. The molecule has 0 unspecified atom stereocenters. The predicted molar refractivity (Wildman–Crippen MR) is 103 cm³/mol. The lowest BCUT2D eigenvalue weighted by atomic mass is 10.2. The molecule has 0 aliphatic carbocycles. The first-order valence-corrected chi connectivity index (χ1v) is 8.94. The largest absolute Gasteiger partial charge is 0.493 e. The van der Waals surface area contributed by atoms with Crippen LogP contribution in [0, 0.1) is 11.7 Å². The van der Waals surface area contributed by atoms with Crippen LogP contribution in [-0.4, -0.2) is 45.5 Å². The van der Waals surface area contributed by atoms with E-state index in [9.17, 15) is 5.11 Å². The second-order valence-corrected chi connectivity index (χ2v) is 6.55. The monoisotopic (exact) mass is 368 g/mol. The van der Waals surface area contributed by atoms with Gasteiger partial charge in [-0.05, 0) is 55.5 Å². The van der Waals surface area contributed by atoms with Gasteiger partial charge in [0.25, 0.3) is 0 Å². The fourth-order valence-corrected chi connectivity index (χ4v) is 3.69. The van der Waals surface area contributed by atoms with Gasteiger partial charge in [-0.3, -0.25) is 14.1 Å². The molecule has 3 aromatic rings. The Hall–Kier alpha value is -2.64. The molecule has 1 saturated heterocycles. The van der Waals surface area contributed by atoms with Gasteiger partial charge < -0.3 is 14.7 Å². The van der Waals surface area contributed by atoms with Crippen molar-refractivity contribution >= 4 is 17.9 Å².